The van der Waals surface area contributed by atoms with Crippen LogP contribution in [0.2, 0.25) is 0 Å². The number of benzene rings is 1. The van der Waals surface area contributed by atoms with Crippen molar-refractivity contribution in [3.8, 4) is 11.3 Å². The highest BCUT2D eigenvalue weighted by molar-refractivity contribution is 9.10. The number of sulfonamides is 1. The Labute approximate surface area is 164 Å². The van der Waals surface area contributed by atoms with Gasteiger partial charge in [0.1, 0.15) is 5.69 Å². The maximum atomic E-state index is 11.6. The molecule has 0 aliphatic rings. The first kappa shape index (κ1) is 20.9. The predicted molar refractivity (Wildman–Crippen MR) is 111 cm³/mol. The summed E-state index contributed by atoms with van der Waals surface area (Å²) in [6.45, 7) is 4.72. The molecule has 1 aromatic heterocycles. The molecule has 0 spiro atoms. The van der Waals surface area contributed by atoms with E-state index in [4.69, 9.17) is 0 Å². The van der Waals surface area contributed by atoms with Gasteiger partial charge in [0.25, 0.3) is 0 Å². The molecule has 0 saturated carbocycles. The number of rotatable bonds is 10. The maximum absolute atomic E-state index is 11.6. The first-order valence-electron chi connectivity index (χ1n) is 8.81. The Morgan fingerprint density at radius 1 is 1.19 bits per heavy atom. The molecule has 2 N–H and O–H groups in total. The largest absolute Gasteiger partial charge is 0.385 e. The number of halogens is 1. The summed E-state index contributed by atoms with van der Waals surface area (Å²) < 4.78 is 28.7. The molecular weight excluding hydrogens is 416 g/mol. The smallest absolute Gasteiger partial charge is 0.213 e. The van der Waals surface area contributed by atoms with E-state index >= 15 is 0 Å². The molecule has 6 nitrogen and oxygen atoms in total. The van der Waals surface area contributed by atoms with Crippen LogP contribution in [-0.4, -0.2) is 36.5 Å². The van der Waals surface area contributed by atoms with Crippen molar-refractivity contribution in [1.82, 2.24) is 14.5 Å². The second kappa shape index (κ2) is 9.53. The Morgan fingerprint density at radius 3 is 2.58 bits per heavy atom. The molecule has 1 aromatic carbocycles. The molecule has 26 heavy (non-hydrogen) atoms. The summed E-state index contributed by atoms with van der Waals surface area (Å²) in [6.07, 6.45) is 4.73. The van der Waals surface area contributed by atoms with Gasteiger partial charge in [-0.15, -0.1) is 0 Å². The summed E-state index contributed by atoms with van der Waals surface area (Å²) in [5.74, 6) is 0. The molecule has 2 aromatic rings. The summed E-state index contributed by atoms with van der Waals surface area (Å²) in [7, 11) is -1.24. The first-order valence-corrected chi connectivity index (χ1v) is 11.2. The normalized spacial score (nSPS) is 11.9. The van der Waals surface area contributed by atoms with E-state index in [0.29, 0.717) is 6.54 Å². The van der Waals surface area contributed by atoms with Crippen LogP contribution >= 0.6 is 15.9 Å². The van der Waals surface area contributed by atoms with E-state index in [0.717, 1.165) is 47.2 Å². The number of nitrogens with zero attached hydrogens (tertiary/aromatic N) is 2. The van der Waals surface area contributed by atoms with E-state index in [1.807, 2.05) is 31.4 Å². The molecule has 0 aliphatic carbocycles. The SMILES string of the molecule is CC(C)S(=O)(=O)NCCCCCNc1cccc(-c2nn(C)cc2Br)c1. The van der Waals surface area contributed by atoms with Crippen LogP contribution in [0.15, 0.2) is 34.9 Å². The number of hydrogen-bond acceptors (Lipinski definition) is 4. The molecule has 0 aliphatic heterocycles. The lowest BCUT2D eigenvalue weighted by Crippen LogP contribution is -2.31. The molecule has 2 rings (SSSR count). The molecule has 0 amide bonds. The summed E-state index contributed by atoms with van der Waals surface area (Å²) in [6, 6.07) is 8.18. The Kier molecular flexibility index (Phi) is 7.67. The molecule has 0 atom stereocenters. The van der Waals surface area contributed by atoms with Crippen LogP contribution in [0.4, 0.5) is 5.69 Å². The molecule has 144 valence electrons. The third-order valence-electron chi connectivity index (χ3n) is 4.03. The topological polar surface area (TPSA) is 76.0 Å². The van der Waals surface area contributed by atoms with E-state index in [2.05, 4.69) is 37.1 Å². The van der Waals surface area contributed by atoms with Crippen molar-refractivity contribution >= 4 is 31.6 Å². The van der Waals surface area contributed by atoms with Crippen molar-refractivity contribution in [2.24, 2.45) is 7.05 Å². The van der Waals surface area contributed by atoms with Crippen molar-refractivity contribution in [2.45, 2.75) is 38.4 Å². The van der Waals surface area contributed by atoms with Gasteiger partial charge >= 0.3 is 0 Å². The van der Waals surface area contributed by atoms with Crippen molar-refractivity contribution in [3.05, 3.63) is 34.9 Å². The number of hydrogen-bond donors (Lipinski definition) is 2. The highest BCUT2D eigenvalue weighted by Gasteiger charge is 2.13. The predicted octanol–water partition coefficient (Wildman–Crippen LogP) is 3.76. The van der Waals surface area contributed by atoms with E-state index in [9.17, 15) is 8.42 Å². The molecule has 8 heteroatoms. The van der Waals surface area contributed by atoms with Gasteiger partial charge in [-0.1, -0.05) is 18.6 Å². The second-order valence-electron chi connectivity index (χ2n) is 6.56. The summed E-state index contributed by atoms with van der Waals surface area (Å²) in [5, 5.41) is 7.51. The Balaban J connectivity index is 1.74. The van der Waals surface area contributed by atoms with Crippen molar-refractivity contribution in [3.63, 3.8) is 0 Å². The van der Waals surface area contributed by atoms with Gasteiger partial charge in [0.2, 0.25) is 10.0 Å². The number of nitrogens with one attached hydrogen (secondary N) is 2. The van der Waals surface area contributed by atoms with Crippen LogP contribution < -0.4 is 10.0 Å². The number of unbranched alkanes of at least 4 members (excludes halogenated alkanes) is 2. The zero-order valence-electron chi connectivity index (χ0n) is 15.5. The molecular formula is C18H27BrN4O2S. The van der Waals surface area contributed by atoms with Gasteiger partial charge in [0.05, 0.1) is 9.72 Å². The lowest BCUT2D eigenvalue weighted by Gasteiger charge is -2.10. The van der Waals surface area contributed by atoms with Crippen molar-refractivity contribution in [1.29, 1.82) is 0 Å². The molecule has 0 bridgehead atoms. The molecule has 0 saturated heterocycles. The van der Waals surface area contributed by atoms with E-state index in [1.165, 1.54) is 0 Å². The molecule has 1 heterocycles. The summed E-state index contributed by atoms with van der Waals surface area (Å²) in [4.78, 5) is 0. The van der Waals surface area contributed by atoms with Crippen LogP contribution in [0.3, 0.4) is 0 Å². The van der Waals surface area contributed by atoms with Crippen LogP contribution in [0.25, 0.3) is 11.3 Å². The second-order valence-corrected chi connectivity index (χ2v) is 9.73. The van der Waals surface area contributed by atoms with E-state index < -0.39 is 10.0 Å². The van der Waals surface area contributed by atoms with Crippen molar-refractivity contribution in [2.75, 3.05) is 18.4 Å². The van der Waals surface area contributed by atoms with Crippen LogP contribution in [-0.2, 0) is 17.1 Å². The standard InChI is InChI=1S/C18H27BrN4O2S/c1-14(2)26(24,25)21-11-6-4-5-10-20-16-9-7-8-15(12-16)18-17(19)13-23(3)22-18/h7-9,12-14,20-21H,4-6,10-11H2,1-3H3. The number of anilines is 1. The molecule has 0 unspecified atom stereocenters. The van der Waals surface area contributed by atoms with E-state index in [1.54, 1.807) is 18.5 Å². The van der Waals surface area contributed by atoms with Gasteiger partial charge in [-0.3, -0.25) is 4.68 Å². The zero-order valence-corrected chi connectivity index (χ0v) is 17.9. The van der Waals surface area contributed by atoms with Gasteiger partial charge in [-0.05, 0) is 54.8 Å². The third-order valence-corrected chi connectivity index (χ3v) is 6.45. The fraction of sp³-hybridized carbons (Fsp3) is 0.500. The Hall–Kier alpha value is -1.38. The number of aryl methyl sites for hydroxylation is 1. The minimum absolute atomic E-state index is 0.379. The van der Waals surface area contributed by atoms with Gasteiger partial charge in [-0.2, -0.15) is 5.10 Å². The van der Waals surface area contributed by atoms with E-state index in [-0.39, 0.29) is 5.25 Å². The first-order chi connectivity index (χ1) is 12.3. The minimum Gasteiger partial charge on any atom is -0.385 e. The summed E-state index contributed by atoms with van der Waals surface area (Å²) in [5.41, 5.74) is 3.04. The monoisotopic (exact) mass is 442 g/mol. The third kappa shape index (κ3) is 6.10. The van der Waals surface area contributed by atoms with Gasteiger partial charge in [-0.25, -0.2) is 13.1 Å². The Bertz CT molecular complexity index is 818. The molecule has 0 radical (unpaired) electrons. The lowest BCUT2D eigenvalue weighted by molar-refractivity contribution is 0.566. The quantitative estimate of drug-likeness (QED) is 0.549. The van der Waals surface area contributed by atoms with Gasteiger partial charge < -0.3 is 5.32 Å². The maximum Gasteiger partial charge on any atom is 0.213 e. The van der Waals surface area contributed by atoms with Crippen LogP contribution in [0.1, 0.15) is 33.1 Å². The van der Waals surface area contributed by atoms with Crippen LogP contribution in [0.5, 0.6) is 0 Å². The average Bonchev–Trinajstić information content (AvgIpc) is 2.92. The highest BCUT2D eigenvalue weighted by Crippen LogP contribution is 2.28. The van der Waals surface area contributed by atoms with Gasteiger partial charge in [0.15, 0.2) is 0 Å². The lowest BCUT2D eigenvalue weighted by atomic mass is 10.1. The number of aromatic nitrogens is 2. The fourth-order valence-electron chi connectivity index (χ4n) is 2.47. The van der Waals surface area contributed by atoms with Crippen molar-refractivity contribution < 1.29 is 8.42 Å². The minimum atomic E-state index is -3.14. The average molecular weight is 443 g/mol. The summed E-state index contributed by atoms with van der Waals surface area (Å²) >= 11 is 3.54. The fourth-order valence-corrected chi connectivity index (χ4v) is 3.84. The van der Waals surface area contributed by atoms with Crippen LogP contribution in [0, 0.1) is 0 Å². The molecule has 0 fully saturated rings. The van der Waals surface area contributed by atoms with Gasteiger partial charge in [0, 0.05) is 37.6 Å². The Morgan fingerprint density at radius 2 is 1.92 bits per heavy atom. The highest BCUT2D eigenvalue weighted by atomic mass is 79.9. The zero-order chi connectivity index (χ0) is 19.2.